The van der Waals surface area contributed by atoms with E-state index < -0.39 is 0 Å². The lowest BCUT2D eigenvalue weighted by Crippen LogP contribution is -2.24. The fraction of sp³-hybridized carbons (Fsp3) is 0.0769. The van der Waals surface area contributed by atoms with Gasteiger partial charge in [-0.15, -0.1) is 0 Å². The average Bonchev–Trinajstić information content (AvgIpc) is 2.91. The molecule has 0 fully saturated rings. The van der Waals surface area contributed by atoms with Crippen molar-refractivity contribution < 1.29 is 9.53 Å². The van der Waals surface area contributed by atoms with Crippen molar-refractivity contribution >= 4 is 35.1 Å². The molecule has 0 atom stereocenters. The molecule has 0 unspecified atom stereocenters. The zero-order chi connectivity index (χ0) is 13.5. The molecule has 0 spiro atoms. The highest BCUT2D eigenvalue weighted by Gasteiger charge is 2.01. The van der Waals surface area contributed by atoms with Gasteiger partial charge in [0.15, 0.2) is 6.61 Å². The number of hydrogen-bond acceptors (Lipinski definition) is 4. The zero-order valence-corrected chi connectivity index (χ0v) is 11.4. The van der Waals surface area contributed by atoms with Gasteiger partial charge in [-0.1, -0.05) is 11.6 Å². The molecule has 1 N–H and O–H groups in total. The Kier molecular flexibility index (Phi) is 4.94. The van der Waals surface area contributed by atoms with Gasteiger partial charge in [-0.25, -0.2) is 5.43 Å². The van der Waals surface area contributed by atoms with Gasteiger partial charge in [0, 0.05) is 10.6 Å². The minimum absolute atomic E-state index is 0.0946. The number of hydrogen-bond donors (Lipinski definition) is 1. The molecule has 0 saturated carbocycles. The molecule has 0 aliphatic heterocycles. The summed E-state index contributed by atoms with van der Waals surface area (Å²) in [5, 5.41) is 8.31. The third-order valence-corrected chi connectivity index (χ3v) is 3.08. The van der Waals surface area contributed by atoms with Crippen LogP contribution in [0.1, 0.15) is 5.56 Å². The van der Waals surface area contributed by atoms with Crippen LogP contribution in [0.2, 0.25) is 5.02 Å². The van der Waals surface area contributed by atoms with Crippen LogP contribution in [0.15, 0.2) is 46.2 Å². The maximum atomic E-state index is 11.4. The fourth-order valence-corrected chi connectivity index (χ4v) is 1.98. The maximum absolute atomic E-state index is 11.4. The van der Waals surface area contributed by atoms with E-state index in [1.54, 1.807) is 41.8 Å². The monoisotopic (exact) mass is 294 g/mol. The predicted octanol–water partition coefficient (Wildman–Crippen LogP) is 2.93. The van der Waals surface area contributed by atoms with Crippen LogP contribution in [-0.2, 0) is 4.79 Å². The lowest BCUT2D eigenvalue weighted by Gasteiger charge is -2.04. The van der Waals surface area contributed by atoms with E-state index in [2.05, 4.69) is 10.5 Å². The minimum Gasteiger partial charge on any atom is -0.484 e. The summed E-state index contributed by atoms with van der Waals surface area (Å²) in [6.07, 6.45) is 1.58. The van der Waals surface area contributed by atoms with E-state index in [0.717, 1.165) is 5.56 Å². The Bertz CT molecular complexity index is 553. The topological polar surface area (TPSA) is 50.7 Å². The Morgan fingerprint density at radius 1 is 1.37 bits per heavy atom. The maximum Gasteiger partial charge on any atom is 0.277 e. The number of nitrogens with one attached hydrogen (secondary N) is 1. The lowest BCUT2D eigenvalue weighted by molar-refractivity contribution is -0.123. The first kappa shape index (κ1) is 13.6. The van der Waals surface area contributed by atoms with E-state index in [9.17, 15) is 4.79 Å². The summed E-state index contributed by atoms with van der Waals surface area (Å²) >= 11 is 7.31. The summed E-state index contributed by atoms with van der Waals surface area (Å²) in [6, 6.07) is 8.70. The van der Waals surface area contributed by atoms with Crippen LogP contribution in [0.4, 0.5) is 0 Å². The molecule has 0 aliphatic carbocycles. The predicted molar refractivity (Wildman–Crippen MR) is 77.0 cm³/mol. The number of ether oxygens (including phenoxy) is 1. The summed E-state index contributed by atoms with van der Waals surface area (Å²) in [7, 11) is 0. The van der Waals surface area contributed by atoms with E-state index in [4.69, 9.17) is 16.3 Å². The summed E-state index contributed by atoms with van der Waals surface area (Å²) in [5.41, 5.74) is 3.33. The Hall–Kier alpha value is -1.85. The molecule has 0 aliphatic rings. The van der Waals surface area contributed by atoms with Crippen molar-refractivity contribution in [1.29, 1.82) is 0 Å². The number of rotatable bonds is 5. The number of carbonyl (C=O) groups excluding carboxylic acids is 1. The summed E-state index contributed by atoms with van der Waals surface area (Å²) in [4.78, 5) is 11.4. The molecule has 2 rings (SSSR count). The van der Waals surface area contributed by atoms with Crippen molar-refractivity contribution in [3.63, 3.8) is 0 Å². The van der Waals surface area contributed by atoms with Gasteiger partial charge in [0.2, 0.25) is 0 Å². The molecule has 1 aromatic carbocycles. The first-order valence-electron chi connectivity index (χ1n) is 5.46. The average molecular weight is 295 g/mol. The van der Waals surface area contributed by atoms with Crippen molar-refractivity contribution in [3.8, 4) is 5.75 Å². The highest BCUT2D eigenvalue weighted by Crippen LogP contribution is 2.15. The second-order valence-corrected chi connectivity index (χ2v) is 4.81. The van der Waals surface area contributed by atoms with E-state index in [1.165, 1.54) is 0 Å². The van der Waals surface area contributed by atoms with Gasteiger partial charge in [0.25, 0.3) is 5.91 Å². The Balaban J connectivity index is 1.74. The van der Waals surface area contributed by atoms with Gasteiger partial charge >= 0.3 is 0 Å². The fourth-order valence-electron chi connectivity index (χ4n) is 1.24. The van der Waals surface area contributed by atoms with Crippen LogP contribution in [0, 0.1) is 0 Å². The van der Waals surface area contributed by atoms with Crippen LogP contribution in [-0.4, -0.2) is 18.7 Å². The normalized spacial score (nSPS) is 10.6. The smallest absolute Gasteiger partial charge is 0.277 e. The molecule has 2 aromatic rings. The van der Waals surface area contributed by atoms with E-state index in [1.807, 2.05) is 16.8 Å². The van der Waals surface area contributed by atoms with Gasteiger partial charge in [0.05, 0.1) is 6.21 Å². The van der Waals surface area contributed by atoms with Gasteiger partial charge in [0.1, 0.15) is 5.75 Å². The summed E-state index contributed by atoms with van der Waals surface area (Å²) in [5.74, 6) is 0.266. The van der Waals surface area contributed by atoms with Gasteiger partial charge < -0.3 is 4.74 Å². The Labute approximate surface area is 119 Å². The van der Waals surface area contributed by atoms with E-state index in [0.29, 0.717) is 10.8 Å². The molecule has 19 heavy (non-hydrogen) atoms. The number of carbonyl (C=O) groups is 1. The second-order valence-electron chi connectivity index (χ2n) is 3.59. The van der Waals surface area contributed by atoms with Crippen LogP contribution < -0.4 is 10.2 Å². The van der Waals surface area contributed by atoms with Crippen molar-refractivity contribution in [2.45, 2.75) is 0 Å². The molecule has 1 amide bonds. The number of thiophene rings is 1. The molecule has 98 valence electrons. The molecular formula is C13H11ClN2O2S. The van der Waals surface area contributed by atoms with Crippen molar-refractivity contribution in [1.82, 2.24) is 5.43 Å². The molecular weight excluding hydrogens is 284 g/mol. The highest BCUT2D eigenvalue weighted by molar-refractivity contribution is 7.08. The van der Waals surface area contributed by atoms with Gasteiger partial charge in [-0.2, -0.15) is 16.4 Å². The van der Waals surface area contributed by atoms with Crippen LogP contribution >= 0.6 is 22.9 Å². The quantitative estimate of drug-likeness (QED) is 0.681. The summed E-state index contributed by atoms with van der Waals surface area (Å²) < 4.78 is 5.27. The first-order valence-corrected chi connectivity index (χ1v) is 6.78. The van der Waals surface area contributed by atoms with Crippen LogP contribution in [0.5, 0.6) is 5.75 Å². The third kappa shape index (κ3) is 4.73. The number of hydrazone groups is 1. The van der Waals surface area contributed by atoms with Crippen molar-refractivity contribution in [3.05, 3.63) is 51.7 Å². The van der Waals surface area contributed by atoms with Gasteiger partial charge in [-0.3, -0.25) is 4.79 Å². The summed E-state index contributed by atoms with van der Waals surface area (Å²) in [6.45, 7) is -0.0946. The molecule has 0 radical (unpaired) electrons. The lowest BCUT2D eigenvalue weighted by atomic mass is 10.3. The van der Waals surface area contributed by atoms with Crippen molar-refractivity contribution in [2.75, 3.05) is 6.61 Å². The van der Waals surface area contributed by atoms with Crippen molar-refractivity contribution in [2.24, 2.45) is 5.10 Å². The molecule has 6 heteroatoms. The molecule has 0 saturated heterocycles. The Morgan fingerprint density at radius 3 is 2.84 bits per heavy atom. The number of benzene rings is 1. The van der Waals surface area contributed by atoms with Gasteiger partial charge in [-0.05, 0) is 41.1 Å². The minimum atomic E-state index is -0.318. The largest absolute Gasteiger partial charge is 0.484 e. The molecule has 1 heterocycles. The Morgan fingerprint density at radius 2 is 2.16 bits per heavy atom. The number of nitrogens with zero attached hydrogens (tertiary/aromatic N) is 1. The van der Waals surface area contributed by atoms with E-state index >= 15 is 0 Å². The van der Waals surface area contributed by atoms with Crippen LogP contribution in [0.3, 0.4) is 0 Å². The van der Waals surface area contributed by atoms with Crippen LogP contribution in [0.25, 0.3) is 0 Å². The number of amides is 1. The molecule has 0 bridgehead atoms. The van der Waals surface area contributed by atoms with E-state index in [-0.39, 0.29) is 12.5 Å². The SMILES string of the molecule is O=C(COc1ccc(Cl)cc1)N/N=C/c1ccsc1. The molecule has 4 nitrogen and oxygen atoms in total. The number of halogens is 1. The highest BCUT2D eigenvalue weighted by atomic mass is 35.5. The zero-order valence-electron chi connectivity index (χ0n) is 9.88. The third-order valence-electron chi connectivity index (χ3n) is 2.13. The first-order chi connectivity index (χ1) is 9.24. The standard InChI is InChI=1S/C13H11ClN2O2S/c14-11-1-3-12(4-2-11)18-8-13(17)16-15-7-10-5-6-19-9-10/h1-7,9H,8H2,(H,16,17)/b15-7+. The molecule has 1 aromatic heterocycles. The second kappa shape index (κ2) is 6.92.